The normalized spacial score (nSPS) is 18.2. The first-order valence-electron chi connectivity index (χ1n) is 5.73. The largest absolute Gasteiger partial charge is 0.494 e. The van der Waals surface area contributed by atoms with Gasteiger partial charge in [-0.25, -0.2) is 0 Å². The third-order valence-corrected chi connectivity index (χ3v) is 3.39. The monoisotopic (exact) mass is 205 g/mol. The average Bonchev–Trinajstić information content (AvgIpc) is 2.24. The van der Waals surface area contributed by atoms with Gasteiger partial charge in [-0.3, -0.25) is 0 Å². The smallest absolute Gasteiger partial charge is 0.119 e. The molecule has 0 spiro atoms. The van der Waals surface area contributed by atoms with Crippen LogP contribution in [0.4, 0.5) is 0 Å². The van der Waals surface area contributed by atoms with E-state index >= 15 is 0 Å². The summed E-state index contributed by atoms with van der Waals surface area (Å²) in [6.45, 7) is 5.41. The SMILES string of the molecule is CCC1(CCOc2ccccc2)CNC1. The molecule has 1 N–H and O–H groups in total. The third-order valence-electron chi connectivity index (χ3n) is 3.39. The van der Waals surface area contributed by atoms with Crippen molar-refractivity contribution in [1.29, 1.82) is 0 Å². The molecule has 0 radical (unpaired) electrons. The molecule has 0 amide bonds. The van der Waals surface area contributed by atoms with Crippen molar-refractivity contribution in [3.05, 3.63) is 30.3 Å². The molecule has 82 valence electrons. The van der Waals surface area contributed by atoms with Crippen molar-refractivity contribution < 1.29 is 4.74 Å². The fraction of sp³-hybridized carbons (Fsp3) is 0.538. The zero-order valence-corrected chi connectivity index (χ0v) is 9.33. The summed E-state index contributed by atoms with van der Waals surface area (Å²) in [5, 5.41) is 3.35. The quantitative estimate of drug-likeness (QED) is 0.797. The van der Waals surface area contributed by atoms with Gasteiger partial charge in [0.05, 0.1) is 6.61 Å². The van der Waals surface area contributed by atoms with Crippen molar-refractivity contribution in [2.24, 2.45) is 5.41 Å². The number of benzene rings is 1. The Kier molecular flexibility index (Phi) is 3.27. The van der Waals surface area contributed by atoms with Crippen LogP contribution in [0.15, 0.2) is 30.3 Å². The molecule has 0 atom stereocenters. The molecule has 0 aromatic heterocycles. The second kappa shape index (κ2) is 4.67. The maximum atomic E-state index is 5.71. The number of rotatable bonds is 5. The van der Waals surface area contributed by atoms with Gasteiger partial charge in [-0.05, 0) is 30.4 Å². The van der Waals surface area contributed by atoms with Gasteiger partial charge < -0.3 is 10.1 Å². The summed E-state index contributed by atoms with van der Waals surface area (Å²) in [5.41, 5.74) is 0.509. The first-order valence-corrected chi connectivity index (χ1v) is 5.73. The number of ether oxygens (including phenoxy) is 1. The molecule has 1 aliphatic heterocycles. The zero-order chi connectivity index (χ0) is 10.6. The van der Waals surface area contributed by atoms with E-state index < -0.39 is 0 Å². The lowest BCUT2D eigenvalue weighted by atomic mass is 9.76. The topological polar surface area (TPSA) is 21.3 Å². The van der Waals surface area contributed by atoms with Crippen LogP contribution >= 0.6 is 0 Å². The Balaban J connectivity index is 1.75. The van der Waals surface area contributed by atoms with E-state index in [0.29, 0.717) is 5.41 Å². The molecule has 0 saturated carbocycles. The van der Waals surface area contributed by atoms with E-state index in [2.05, 4.69) is 12.2 Å². The van der Waals surface area contributed by atoms with Crippen LogP contribution in [-0.2, 0) is 0 Å². The first kappa shape index (κ1) is 10.5. The molecule has 1 fully saturated rings. The van der Waals surface area contributed by atoms with Gasteiger partial charge in [-0.15, -0.1) is 0 Å². The van der Waals surface area contributed by atoms with E-state index in [1.54, 1.807) is 0 Å². The van der Waals surface area contributed by atoms with Gasteiger partial charge >= 0.3 is 0 Å². The van der Waals surface area contributed by atoms with Crippen LogP contribution in [0.2, 0.25) is 0 Å². The van der Waals surface area contributed by atoms with Gasteiger partial charge in [-0.2, -0.15) is 0 Å². The number of para-hydroxylation sites is 1. The summed E-state index contributed by atoms with van der Waals surface area (Å²) < 4.78 is 5.71. The van der Waals surface area contributed by atoms with E-state index in [0.717, 1.165) is 31.9 Å². The molecule has 1 aromatic carbocycles. The molecular formula is C13H19NO. The molecular weight excluding hydrogens is 186 g/mol. The molecule has 0 aliphatic carbocycles. The van der Waals surface area contributed by atoms with Crippen molar-refractivity contribution in [3.63, 3.8) is 0 Å². The molecule has 1 aliphatic rings. The maximum absolute atomic E-state index is 5.71. The van der Waals surface area contributed by atoms with E-state index in [1.807, 2.05) is 30.3 Å². The fourth-order valence-corrected chi connectivity index (χ4v) is 1.98. The van der Waals surface area contributed by atoms with E-state index in [1.165, 1.54) is 6.42 Å². The predicted octanol–water partition coefficient (Wildman–Crippen LogP) is 2.46. The minimum atomic E-state index is 0.509. The van der Waals surface area contributed by atoms with Crippen LogP contribution in [0.25, 0.3) is 0 Å². The van der Waals surface area contributed by atoms with Crippen LogP contribution < -0.4 is 10.1 Å². The number of hydrogen-bond acceptors (Lipinski definition) is 2. The summed E-state index contributed by atoms with van der Waals surface area (Å²) in [6, 6.07) is 10.1. The second-order valence-corrected chi connectivity index (χ2v) is 4.37. The van der Waals surface area contributed by atoms with Gasteiger partial charge in [-0.1, -0.05) is 25.1 Å². The van der Waals surface area contributed by atoms with Crippen LogP contribution in [0.1, 0.15) is 19.8 Å². The molecule has 1 heterocycles. The van der Waals surface area contributed by atoms with Crippen molar-refractivity contribution in [1.82, 2.24) is 5.32 Å². The highest BCUT2D eigenvalue weighted by Crippen LogP contribution is 2.30. The van der Waals surface area contributed by atoms with E-state index in [-0.39, 0.29) is 0 Å². The van der Waals surface area contributed by atoms with Crippen molar-refractivity contribution >= 4 is 0 Å². The van der Waals surface area contributed by atoms with Crippen molar-refractivity contribution in [3.8, 4) is 5.75 Å². The third kappa shape index (κ3) is 2.51. The van der Waals surface area contributed by atoms with Crippen LogP contribution in [0.5, 0.6) is 5.75 Å². The van der Waals surface area contributed by atoms with Gasteiger partial charge in [0, 0.05) is 13.1 Å². The first-order chi connectivity index (χ1) is 7.35. The number of hydrogen-bond donors (Lipinski definition) is 1. The van der Waals surface area contributed by atoms with E-state index in [9.17, 15) is 0 Å². The molecule has 1 saturated heterocycles. The minimum absolute atomic E-state index is 0.509. The van der Waals surface area contributed by atoms with Crippen molar-refractivity contribution in [2.75, 3.05) is 19.7 Å². The lowest BCUT2D eigenvalue weighted by Gasteiger charge is -2.42. The standard InChI is InChI=1S/C13H19NO/c1-2-13(10-14-11-13)8-9-15-12-6-4-3-5-7-12/h3-7,14H,2,8-11H2,1H3. The predicted molar refractivity (Wildman–Crippen MR) is 62.1 cm³/mol. The highest BCUT2D eigenvalue weighted by molar-refractivity contribution is 5.20. The summed E-state index contributed by atoms with van der Waals surface area (Å²) in [6.07, 6.45) is 2.41. The fourth-order valence-electron chi connectivity index (χ4n) is 1.98. The molecule has 1 aromatic rings. The molecule has 15 heavy (non-hydrogen) atoms. The highest BCUT2D eigenvalue weighted by Gasteiger charge is 2.34. The lowest BCUT2D eigenvalue weighted by molar-refractivity contribution is 0.116. The Hall–Kier alpha value is -1.02. The Labute approximate surface area is 91.6 Å². The van der Waals surface area contributed by atoms with Gasteiger partial charge in [0.15, 0.2) is 0 Å². The Bertz CT molecular complexity index is 287. The summed E-state index contributed by atoms with van der Waals surface area (Å²) in [5.74, 6) is 0.982. The summed E-state index contributed by atoms with van der Waals surface area (Å²) in [7, 11) is 0. The molecule has 2 heteroatoms. The molecule has 2 nitrogen and oxygen atoms in total. The lowest BCUT2D eigenvalue weighted by Crippen LogP contribution is -2.53. The summed E-state index contributed by atoms with van der Waals surface area (Å²) in [4.78, 5) is 0. The Morgan fingerprint density at radius 1 is 1.27 bits per heavy atom. The maximum Gasteiger partial charge on any atom is 0.119 e. The van der Waals surface area contributed by atoms with E-state index in [4.69, 9.17) is 4.74 Å². The van der Waals surface area contributed by atoms with Gasteiger partial charge in [0.25, 0.3) is 0 Å². The molecule has 2 rings (SSSR count). The Morgan fingerprint density at radius 2 is 2.00 bits per heavy atom. The van der Waals surface area contributed by atoms with Crippen LogP contribution in [0.3, 0.4) is 0 Å². The Morgan fingerprint density at radius 3 is 2.53 bits per heavy atom. The van der Waals surface area contributed by atoms with Crippen LogP contribution in [0, 0.1) is 5.41 Å². The second-order valence-electron chi connectivity index (χ2n) is 4.37. The van der Waals surface area contributed by atoms with Gasteiger partial charge in [0.2, 0.25) is 0 Å². The summed E-state index contributed by atoms with van der Waals surface area (Å²) >= 11 is 0. The minimum Gasteiger partial charge on any atom is -0.494 e. The zero-order valence-electron chi connectivity index (χ0n) is 9.33. The molecule has 0 unspecified atom stereocenters. The molecule has 0 bridgehead atoms. The van der Waals surface area contributed by atoms with Crippen molar-refractivity contribution in [2.45, 2.75) is 19.8 Å². The van der Waals surface area contributed by atoms with Gasteiger partial charge in [0.1, 0.15) is 5.75 Å². The average molecular weight is 205 g/mol. The van der Waals surface area contributed by atoms with Crippen LogP contribution in [-0.4, -0.2) is 19.7 Å². The highest BCUT2D eigenvalue weighted by atomic mass is 16.5. The number of nitrogens with one attached hydrogen (secondary N) is 1.